The van der Waals surface area contributed by atoms with Gasteiger partial charge in [-0.05, 0) is 62.4 Å². The zero-order valence-corrected chi connectivity index (χ0v) is 19.0. The van der Waals surface area contributed by atoms with Crippen molar-refractivity contribution in [3.63, 3.8) is 0 Å². The molecule has 0 saturated carbocycles. The Hall–Kier alpha value is -3.32. The second-order valence-corrected chi connectivity index (χ2v) is 9.07. The number of amides is 1. The Bertz CT molecular complexity index is 1190. The van der Waals surface area contributed by atoms with Gasteiger partial charge in [-0.15, -0.1) is 0 Å². The highest BCUT2D eigenvalue weighted by Gasteiger charge is 2.32. The fraction of sp³-hybridized carbons (Fsp3) is 0.385. The minimum absolute atomic E-state index is 0.000571. The molecule has 2 aromatic heterocycles. The van der Waals surface area contributed by atoms with E-state index in [4.69, 9.17) is 4.98 Å². The molecule has 1 saturated heterocycles. The Morgan fingerprint density at radius 2 is 1.88 bits per heavy atom. The third-order valence-corrected chi connectivity index (χ3v) is 6.70. The van der Waals surface area contributed by atoms with Crippen molar-refractivity contribution in [3.8, 4) is 0 Å². The molecule has 2 aliphatic heterocycles. The normalized spacial score (nSPS) is 18.7. The predicted octanol–water partition coefficient (Wildman–Crippen LogP) is 3.40. The summed E-state index contributed by atoms with van der Waals surface area (Å²) < 4.78 is 0. The quantitative estimate of drug-likeness (QED) is 0.668. The predicted molar refractivity (Wildman–Crippen MR) is 126 cm³/mol. The molecule has 1 unspecified atom stereocenters. The zero-order chi connectivity index (χ0) is 22.8. The number of aromatic amines is 1. The fourth-order valence-electron chi connectivity index (χ4n) is 4.87. The van der Waals surface area contributed by atoms with Crippen LogP contribution in [0, 0.1) is 6.92 Å². The number of hydrogen-bond donors (Lipinski definition) is 1. The topological polar surface area (TPSA) is 82.2 Å². The summed E-state index contributed by atoms with van der Waals surface area (Å²) >= 11 is 0. The number of aryl methyl sites for hydroxylation is 1. The third-order valence-electron chi connectivity index (χ3n) is 6.70. The maximum absolute atomic E-state index is 13.3. The van der Waals surface area contributed by atoms with Crippen molar-refractivity contribution >= 4 is 5.91 Å². The van der Waals surface area contributed by atoms with E-state index in [2.05, 4.69) is 14.9 Å². The number of carbonyl (C=O) groups excluding carboxylic acids is 1. The molecule has 1 amide bonds. The highest BCUT2D eigenvalue weighted by molar-refractivity contribution is 5.94. The summed E-state index contributed by atoms with van der Waals surface area (Å²) in [6.45, 7) is 4.94. The number of H-pyrrole nitrogens is 1. The Morgan fingerprint density at radius 1 is 1.09 bits per heavy atom. The van der Waals surface area contributed by atoms with Crippen LogP contribution in [0.15, 0.2) is 53.6 Å². The lowest BCUT2D eigenvalue weighted by Crippen LogP contribution is -2.41. The number of fused-ring (bicyclic) bond motifs is 1. The molecule has 7 heteroatoms. The van der Waals surface area contributed by atoms with Gasteiger partial charge in [-0.25, -0.2) is 4.98 Å². The lowest BCUT2D eigenvalue weighted by molar-refractivity contribution is 0.0598. The zero-order valence-electron chi connectivity index (χ0n) is 19.0. The molecule has 3 aromatic rings. The highest BCUT2D eigenvalue weighted by Crippen LogP contribution is 2.31. The first-order chi connectivity index (χ1) is 16.1. The Kier molecular flexibility index (Phi) is 6.05. The molecule has 4 heterocycles. The molecular weight excluding hydrogens is 414 g/mol. The molecule has 5 rings (SSSR count). The molecule has 1 aromatic carbocycles. The van der Waals surface area contributed by atoms with E-state index >= 15 is 0 Å². The lowest BCUT2D eigenvalue weighted by atomic mass is 9.99. The summed E-state index contributed by atoms with van der Waals surface area (Å²) in [4.78, 5) is 42.5. The van der Waals surface area contributed by atoms with Gasteiger partial charge in [0.25, 0.3) is 11.5 Å². The van der Waals surface area contributed by atoms with Gasteiger partial charge in [-0.2, -0.15) is 0 Å². The van der Waals surface area contributed by atoms with Crippen molar-refractivity contribution in [3.05, 3.63) is 92.9 Å². The number of carbonyl (C=O) groups is 1. The van der Waals surface area contributed by atoms with Crippen LogP contribution in [0.5, 0.6) is 0 Å². The molecule has 0 bridgehead atoms. The van der Waals surface area contributed by atoms with Gasteiger partial charge in [-0.1, -0.05) is 17.7 Å². The van der Waals surface area contributed by atoms with Crippen molar-refractivity contribution in [2.75, 3.05) is 13.1 Å². The third kappa shape index (κ3) is 4.59. The van der Waals surface area contributed by atoms with Gasteiger partial charge in [0.15, 0.2) is 0 Å². The minimum Gasteiger partial charge on any atom is -0.328 e. The molecule has 170 valence electrons. The van der Waals surface area contributed by atoms with Gasteiger partial charge in [-0.3, -0.25) is 19.5 Å². The van der Waals surface area contributed by atoms with Crippen molar-refractivity contribution in [1.29, 1.82) is 0 Å². The van der Waals surface area contributed by atoms with Gasteiger partial charge in [0.05, 0.1) is 11.7 Å². The van der Waals surface area contributed by atoms with Crippen LogP contribution in [0.25, 0.3) is 0 Å². The summed E-state index contributed by atoms with van der Waals surface area (Å²) in [6, 6.07) is 11.5. The molecule has 0 radical (unpaired) electrons. The summed E-state index contributed by atoms with van der Waals surface area (Å²) in [6.07, 6.45) is 7.06. The summed E-state index contributed by atoms with van der Waals surface area (Å²) in [7, 11) is 0. The van der Waals surface area contributed by atoms with Crippen LogP contribution in [0.4, 0.5) is 0 Å². The van der Waals surface area contributed by atoms with Crippen LogP contribution in [0.1, 0.15) is 63.9 Å². The van der Waals surface area contributed by atoms with E-state index in [1.165, 1.54) is 5.56 Å². The Balaban J connectivity index is 1.41. The minimum atomic E-state index is -0.207. The molecule has 7 nitrogen and oxygen atoms in total. The van der Waals surface area contributed by atoms with Gasteiger partial charge >= 0.3 is 0 Å². The van der Waals surface area contributed by atoms with Crippen LogP contribution in [0.3, 0.4) is 0 Å². The average Bonchev–Trinajstić information content (AvgIpc) is 2.84. The number of piperidine rings is 1. The number of rotatable bonds is 4. The Labute approximate surface area is 193 Å². The first-order valence-corrected chi connectivity index (χ1v) is 11.7. The Morgan fingerprint density at radius 3 is 2.67 bits per heavy atom. The summed E-state index contributed by atoms with van der Waals surface area (Å²) in [5, 5.41) is 0. The number of likely N-dealkylation sites (tertiary alicyclic amines) is 1. The van der Waals surface area contributed by atoms with Crippen LogP contribution >= 0.6 is 0 Å². The van der Waals surface area contributed by atoms with E-state index in [0.29, 0.717) is 30.9 Å². The molecule has 1 fully saturated rings. The maximum Gasteiger partial charge on any atom is 0.254 e. The fourth-order valence-corrected chi connectivity index (χ4v) is 4.87. The highest BCUT2D eigenvalue weighted by atomic mass is 16.2. The number of pyridine rings is 1. The number of nitrogens with one attached hydrogen (secondary N) is 1. The van der Waals surface area contributed by atoms with Gasteiger partial charge < -0.3 is 9.88 Å². The van der Waals surface area contributed by atoms with Crippen LogP contribution in [0.2, 0.25) is 0 Å². The van der Waals surface area contributed by atoms with Crippen LogP contribution in [-0.4, -0.2) is 43.7 Å². The standard InChI is InChI=1S/C26H29N5O2/c1-18-5-7-20(8-6-18)26(33)31-14-3-2-4-23(31)24-28-22-17-30(15-11-21(22)25(32)29-24)16-19-9-12-27-13-10-19/h5-10,12-13,23H,2-4,11,14-17H2,1H3,(H,28,29,32). The van der Waals surface area contributed by atoms with Gasteiger partial charge in [0, 0.05) is 49.7 Å². The second kappa shape index (κ2) is 9.27. The molecule has 2 aliphatic rings. The van der Waals surface area contributed by atoms with E-state index in [-0.39, 0.29) is 17.5 Å². The lowest BCUT2D eigenvalue weighted by Gasteiger charge is -2.36. The smallest absolute Gasteiger partial charge is 0.254 e. The van der Waals surface area contributed by atoms with E-state index in [1.54, 1.807) is 12.4 Å². The van der Waals surface area contributed by atoms with Crippen molar-refractivity contribution in [2.45, 2.75) is 51.7 Å². The maximum atomic E-state index is 13.3. The molecule has 33 heavy (non-hydrogen) atoms. The summed E-state index contributed by atoms with van der Waals surface area (Å²) in [5.41, 5.74) is 4.54. The molecule has 0 aliphatic carbocycles. The van der Waals surface area contributed by atoms with E-state index in [0.717, 1.165) is 49.2 Å². The number of hydrogen-bond acceptors (Lipinski definition) is 5. The monoisotopic (exact) mass is 443 g/mol. The van der Waals surface area contributed by atoms with Crippen molar-refractivity contribution < 1.29 is 4.79 Å². The van der Waals surface area contributed by atoms with Crippen molar-refractivity contribution in [2.24, 2.45) is 0 Å². The number of benzene rings is 1. The SMILES string of the molecule is Cc1ccc(C(=O)N2CCCCC2c2nc3c(c(=O)[nH]2)CCN(Cc2ccncc2)C3)cc1. The average molecular weight is 444 g/mol. The second-order valence-electron chi connectivity index (χ2n) is 9.07. The first kappa shape index (κ1) is 21.5. The van der Waals surface area contributed by atoms with Gasteiger partial charge in [0.1, 0.15) is 5.82 Å². The molecule has 1 N–H and O–H groups in total. The summed E-state index contributed by atoms with van der Waals surface area (Å²) in [5.74, 6) is 0.615. The van der Waals surface area contributed by atoms with Crippen LogP contribution < -0.4 is 5.56 Å². The van der Waals surface area contributed by atoms with E-state index in [1.807, 2.05) is 48.2 Å². The number of nitrogens with zero attached hydrogens (tertiary/aromatic N) is 4. The molecule has 1 atom stereocenters. The van der Waals surface area contributed by atoms with E-state index in [9.17, 15) is 9.59 Å². The molecule has 0 spiro atoms. The first-order valence-electron chi connectivity index (χ1n) is 11.7. The van der Waals surface area contributed by atoms with Crippen molar-refractivity contribution in [1.82, 2.24) is 24.8 Å². The largest absolute Gasteiger partial charge is 0.328 e. The van der Waals surface area contributed by atoms with E-state index < -0.39 is 0 Å². The van der Waals surface area contributed by atoms with Gasteiger partial charge in [0.2, 0.25) is 0 Å². The number of aromatic nitrogens is 3. The molecular formula is C26H29N5O2. The van der Waals surface area contributed by atoms with Crippen LogP contribution in [-0.2, 0) is 19.5 Å².